The van der Waals surface area contributed by atoms with E-state index in [1.165, 1.54) is 13.8 Å². The predicted octanol–water partition coefficient (Wildman–Crippen LogP) is 1.56. The fourth-order valence-corrected chi connectivity index (χ4v) is 5.29. The van der Waals surface area contributed by atoms with Crippen molar-refractivity contribution in [2.75, 3.05) is 19.7 Å². The smallest absolute Gasteiger partial charge is 0.245 e. The first-order chi connectivity index (χ1) is 24.1. The van der Waals surface area contributed by atoms with Gasteiger partial charge < -0.3 is 42.3 Å². The number of carbonyl (C=O) groups excluding carboxylic acids is 7. The van der Waals surface area contributed by atoms with E-state index in [1.807, 2.05) is 27.7 Å². The van der Waals surface area contributed by atoms with Crippen molar-refractivity contribution in [3.8, 4) is 0 Å². The summed E-state index contributed by atoms with van der Waals surface area (Å²) in [6, 6.07) is -2.41. The van der Waals surface area contributed by atoms with Gasteiger partial charge in [-0.15, -0.1) is 0 Å². The SMILES string of the molecule is CCCCCCCC(=O)NC(C)(C)C(=O)NCC(=O)N[C@H](C(=O)NC(C)(C)C(=O)NCC(=O)N[C@H](C(=O)N[C@H](CO)CC(C)C)[C@@H](C)CC)C(C)C. The first kappa shape index (κ1) is 48.2. The molecule has 0 aliphatic carbocycles. The monoisotopic (exact) mass is 740 g/mol. The zero-order valence-corrected chi connectivity index (χ0v) is 33.5. The minimum absolute atomic E-state index is 0.229. The lowest BCUT2D eigenvalue weighted by molar-refractivity contribution is -0.136. The van der Waals surface area contributed by atoms with Crippen LogP contribution < -0.4 is 37.2 Å². The second-order valence-corrected chi connectivity index (χ2v) is 15.6. The van der Waals surface area contributed by atoms with Crippen LogP contribution in [-0.2, 0) is 33.6 Å². The lowest BCUT2D eigenvalue weighted by Crippen LogP contribution is -2.62. The molecule has 0 saturated carbocycles. The number of aliphatic hydroxyl groups excluding tert-OH is 1. The molecule has 7 amide bonds. The van der Waals surface area contributed by atoms with Crippen LogP contribution in [0.15, 0.2) is 0 Å². The van der Waals surface area contributed by atoms with Gasteiger partial charge in [-0.1, -0.05) is 80.6 Å². The van der Waals surface area contributed by atoms with Crippen molar-refractivity contribution >= 4 is 41.4 Å². The molecule has 8 N–H and O–H groups in total. The Kier molecular flexibility index (Phi) is 22.0. The average Bonchev–Trinajstić information content (AvgIpc) is 3.05. The zero-order valence-electron chi connectivity index (χ0n) is 33.5. The van der Waals surface area contributed by atoms with Crippen LogP contribution in [0.1, 0.15) is 128 Å². The van der Waals surface area contributed by atoms with Gasteiger partial charge >= 0.3 is 0 Å². The van der Waals surface area contributed by atoms with E-state index in [-0.39, 0.29) is 24.3 Å². The van der Waals surface area contributed by atoms with Crippen molar-refractivity contribution in [1.29, 1.82) is 0 Å². The molecule has 4 atom stereocenters. The summed E-state index contributed by atoms with van der Waals surface area (Å²) < 4.78 is 0. The molecule has 0 rings (SSSR count). The Labute approximate surface area is 311 Å². The molecule has 0 radical (unpaired) electrons. The molecule has 0 unspecified atom stereocenters. The number of hydrogen-bond acceptors (Lipinski definition) is 8. The second kappa shape index (κ2) is 23.7. The van der Waals surface area contributed by atoms with Crippen molar-refractivity contribution in [3.05, 3.63) is 0 Å². The quantitative estimate of drug-likeness (QED) is 0.0641. The molecule has 15 nitrogen and oxygen atoms in total. The molecular formula is C37H69N7O8. The Balaban J connectivity index is 5.17. The molecule has 52 heavy (non-hydrogen) atoms. The summed E-state index contributed by atoms with van der Waals surface area (Å²) >= 11 is 0. The number of unbranched alkanes of at least 4 members (excludes halogenated alkanes) is 4. The van der Waals surface area contributed by atoms with Crippen LogP contribution in [0.3, 0.4) is 0 Å². The summed E-state index contributed by atoms with van der Waals surface area (Å²) in [6.45, 7) is 18.0. The van der Waals surface area contributed by atoms with Crippen LogP contribution in [0.4, 0.5) is 0 Å². The van der Waals surface area contributed by atoms with E-state index >= 15 is 0 Å². The zero-order chi connectivity index (χ0) is 40.2. The molecule has 0 saturated heterocycles. The summed E-state index contributed by atoms with van der Waals surface area (Å²) in [4.78, 5) is 90.1. The number of nitrogens with one attached hydrogen (secondary N) is 7. The maximum absolute atomic E-state index is 13.3. The van der Waals surface area contributed by atoms with Gasteiger partial charge in [0.2, 0.25) is 41.4 Å². The van der Waals surface area contributed by atoms with Gasteiger partial charge in [0.05, 0.1) is 25.7 Å². The highest BCUT2D eigenvalue weighted by Crippen LogP contribution is 2.12. The fraction of sp³-hybridized carbons (Fsp3) is 0.811. The Bertz CT molecular complexity index is 1190. The van der Waals surface area contributed by atoms with E-state index in [9.17, 15) is 38.7 Å². The molecule has 15 heteroatoms. The van der Waals surface area contributed by atoms with Crippen LogP contribution in [0.5, 0.6) is 0 Å². The largest absolute Gasteiger partial charge is 0.394 e. The lowest BCUT2D eigenvalue weighted by Gasteiger charge is -2.30. The highest BCUT2D eigenvalue weighted by atomic mass is 16.3. The first-order valence-electron chi connectivity index (χ1n) is 18.8. The molecule has 0 aromatic heterocycles. The minimum atomic E-state index is -1.50. The fourth-order valence-electron chi connectivity index (χ4n) is 5.29. The maximum atomic E-state index is 13.3. The predicted molar refractivity (Wildman–Crippen MR) is 200 cm³/mol. The van der Waals surface area contributed by atoms with Crippen molar-refractivity contribution < 1.29 is 38.7 Å². The van der Waals surface area contributed by atoms with Crippen LogP contribution >= 0.6 is 0 Å². The summed E-state index contributed by atoms with van der Waals surface area (Å²) in [7, 11) is 0. The third kappa shape index (κ3) is 18.7. The van der Waals surface area contributed by atoms with Gasteiger partial charge in [0.1, 0.15) is 23.2 Å². The average molecular weight is 740 g/mol. The summed E-state index contributed by atoms with van der Waals surface area (Å²) in [5.74, 6) is -4.22. The van der Waals surface area contributed by atoms with Crippen molar-refractivity contribution in [2.24, 2.45) is 17.8 Å². The molecule has 0 fully saturated rings. The van der Waals surface area contributed by atoms with Crippen LogP contribution in [0, 0.1) is 17.8 Å². The summed E-state index contributed by atoms with van der Waals surface area (Å²) in [5.41, 5.74) is -2.76. The van der Waals surface area contributed by atoms with Gasteiger partial charge in [-0.05, 0) is 58.3 Å². The third-order valence-electron chi connectivity index (χ3n) is 8.75. The Morgan fingerprint density at radius 1 is 0.615 bits per heavy atom. The van der Waals surface area contributed by atoms with Crippen molar-refractivity contribution in [1.82, 2.24) is 37.2 Å². The molecule has 0 bridgehead atoms. The topological polar surface area (TPSA) is 224 Å². The normalized spacial score (nSPS) is 14.0. The number of carbonyl (C=O) groups is 7. The standard InChI is InChI=1S/C37H69N7O8/c1-12-14-15-16-17-18-27(46)43-36(8,9)34(51)38-20-28(47)41-30(24(5)6)33(50)44-37(10,11)35(52)39-21-29(48)42-31(25(7)13-2)32(49)40-26(22-45)19-23(3)4/h23-26,30-31,45H,12-22H2,1-11H3,(H,38,51)(H,39,52)(H,40,49)(H,41,47)(H,42,48)(H,43,46)(H,44,50)/t25-,26-,30-,31-/m0/s1. The number of hydrogen-bond donors (Lipinski definition) is 8. The van der Waals surface area contributed by atoms with Gasteiger partial charge in [-0.2, -0.15) is 0 Å². The van der Waals surface area contributed by atoms with Crippen LogP contribution in [-0.4, -0.2) is 95.4 Å². The Morgan fingerprint density at radius 3 is 1.58 bits per heavy atom. The Morgan fingerprint density at radius 2 is 1.12 bits per heavy atom. The third-order valence-corrected chi connectivity index (χ3v) is 8.75. The Hall–Kier alpha value is -3.75. The van der Waals surface area contributed by atoms with Crippen molar-refractivity contribution in [3.63, 3.8) is 0 Å². The van der Waals surface area contributed by atoms with E-state index in [2.05, 4.69) is 44.1 Å². The number of aliphatic hydroxyl groups is 1. The molecule has 0 aromatic carbocycles. The van der Waals surface area contributed by atoms with E-state index in [0.29, 0.717) is 19.3 Å². The molecule has 0 spiro atoms. The molecule has 0 aliphatic heterocycles. The second-order valence-electron chi connectivity index (χ2n) is 15.6. The summed E-state index contributed by atoms with van der Waals surface area (Å²) in [6.07, 6.45) is 6.38. The van der Waals surface area contributed by atoms with E-state index in [4.69, 9.17) is 0 Å². The van der Waals surface area contributed by atoms with E-state index in [0.717, 1.165) is 32.1 Å². The molecule has 0 aliphatic rings. The minimum Gasteiger partial charge on any atom is -0.394 e. The highest BCUT2D eigenvalue weighted by Gasteiger charge is 2.35. The maximum Gasteiger partial charge on any atom is 0.245 e. The first-order valence-corrected chi connectivity index (χ1v) is 18.8. The highest BCUT2D eigenvalue weighted by molar-refractivity contribution is 5.97. The number of amides is 7. The van der Waals surface area contributed by atoms with Crippen LogP contribution in [0.25, 0.3) is 0 Å². The van der Waals surface area contributed by atoms with Crippen molar-refractivity contribution in [2.45, 2.75) is 157 Å². The van der Waals surface area contributed by atoms with Gasteiger partial charge in [0, 0.05) is 6.42 Å². The molecule has 0 heterocycles. The summed E-state index contributed by atoms with van der Waals surface area (Å²) in [5, 5.41) is 28.1. The van der Waals surface area contributed by atoms with Gasteiger partial charge in [0.25, 0.3) is 0 Å². The molecule has 0 aromatic rings. The van der Waals surface area contributed by atoms with Gasteiger partial charge in [0.15, 0.2) is 0 Å². The lowest BCUT2D eigenvalue weighted by atomic mass is 9.97. The molecular weight excluding hydrogens is 670 g/mol. The van der Waals surface area contributed by atoms with E-state index < -0.39 is 83.7 Å². The number of rotatable bonds is 25. The van der Waals surface area contributed by atoms with Crippen LogP contribution in [0.2, 0.25) is 0 Å². The van der Waals surface area contributed by atoms with Gasteiger partial charge in [-0.3, -0.25) is 33.6 Å². The van der Waals surface area contributed by atoms with Gasteiger partial charge in [-0.25, -0.2) is 0 Å². The molecule has 300 valence electrons. The van der Waals surface area contributed by atoms with E-state index in [1.54, 1.807) is 27.7 Å².